The average Bonchev–Trinajstić information content (AvgIpc) is 2.79. The summed E-state index contributed by atoms with van der Waals surface area (Å²) in [6.45, 7) is 0. The SMILES string of the molecule is O=C1CC(C23C=CC(CC2)C3)C(=O)O1. The van der Waals surface area contributed by atoms with Crippen LogP contribution in [0.3, 0.4) is 0 Å². The second-order valence-corrected chi connectivity index (χ2v) is 4.64. The molecule has 0 amide bonds. The molecule has 0 radical (unpaired) electrons. The van der Waals surface area contributed by atoms with Gasteiger partial charge in [-0.1, -0.05) is 12.2 Å². The molecule has 3 nitrogen and oxygen atoms in total. The van der Waals surface area contributed by atoms with E-state index in [2.05, 4.69) is 16.9 Å². The van der Waals surface area contributed by atoms with E-state index in [1.54, 1.807) is 0 Å². The molecule has 1 saturated carbocycles. The van der Waals surface area contributed by atoms with Gasteiger partial charge < -0.3 is 4.74 Å². The molecule has 74 valence electrons. The quantitative estimate of drug-likeness (QED) is 0.358. The number of carbonyl (C=O) groups excluding carboxylic acids is 2. The van der Waals surface area contributed by atoms with Gasteiger partial charge in [0.25, 0.3) is 0 Å². The molecule has 2 bridgehead atoms. The van der Waals surface area contributed by atoms with E-state index in [0.717, 1.165) is 19.3 Å². The first kappa shape index (κ1) is 8.21. The zero-order valence-corrected chi connectivity index (χ0v) is 7.86. The Morgan fingerprint density at radius 1 is 1.43 bits per heavy atom. The van der Waals surface area contributed by atoms with Gasteiger partial charge in [0.05, 0.1) is 12.3 Å². The molecule has 0 N–H and O–H groups in total. The molecule has 14 heavy (non-hydrogen) atoms. The molecule has 3 heteroatoms. The van der Waals surface area contributed by atoms with Crippen molar-refractivity contribution in [1.82, 2.24) is 0 Å². The molecule has 2 fully saturated rings. The second-order valence-electron chi connectivity index (χ2n) is 4.64. The van der Waals surface area contributed by atoms with Crippen molar-refractivity contribution in [2.24, 2.45) is 17.3 Å². The molecular weight excluding hydrogens is 180 g/mol. The van der Waals surface area contributed by atoms with Crippen LogP contribution in [0, 0.1) is 17.3 Å². The number of carbonyl (C=O) groups is 2. The van der Waals surface area contributed by atoms with Crippen molar-refractivity contribution in [2.75, 3.05) is 0 Å². The van der Waals surface area contributed by atoms with Crippen LogP contribution in [0.2, 0.25) is 0 Å². The minimum absolute atomic E-state index is 0.0338. The van der Waals surface area contributed by atoms with Gasteiger partial charge in [0, 0.05) is 5.41 Å². The Labute approximate surface area is 82.1 Å². The van der Waals surface area contributed by atoms with Crippen LogP contribution in [0.5, 0.6) is 0 Å². The maximum absolute atomic E-state index is 11.5. The fourth-order valence-corrected chi connectivity index (χ4v) is 3.14. The van der Waals surface area contributed by atoms with E-state index in [4.69, 9.17) is 0 Å². The third-order valence-corrected chi connectivity index (χ3v) is 3.89. The predicted octanol–water partition coefficient (Wildman–Crippen LogP) is 1.43. The number of rotatable bonds is 1. The highest BCUT2D eigenvalue weighted by Gasteiger charge is 2.53. The van der Waals surface area contributed by atoms with Gasteiger partial charge in [-0.15, -0.1) is 0 Å². The largest absolute Gasteiger partial charge is 0.393 e. The van der Waals surface area contributed by atoms with Crippen LogP contribution in [0.25, 0.3) is 0 Å². The van der Waals surface area contributed by atoms with Gasteiger partial charge in [0.2, 0.25) is 0 Å². The topological polar surface area (TPSA) is 43.4 Å². The molecule has 3 rings (SSSR count). The Balaban J connectivity index is 1.92. The summed E-state index contributed by atoms with van der Waals surface area (Å²) < 4.78 is 4.62. The Morgan fingerprint density at radius 2 is 2.29 bits per heavy atom. The minimum Gasteiger partial charge on any atom is -0.393 e. The summed E-state index contributed by atoms with van der Waals surface area (Å²) in [5, 5.41) is 0. The standard InChI is InChI=1S/C11H12O3/c12-9-5-8(10(13)14-9)11-3-1-7(6-11)2-4-11/h1,3,7-8H,2,4-6H2. The number of ether oxygens (including phenoxy) is 1. The summed E-state index contributed by atoms with van der Waals surface area (Å²) in [6.07, 6.45) is 7.87. The maximum atomic E-state index is 11.5. The molecule has 1 heterocycles. The van der Waals surface area contributed by atoms with Gasteiger partial charge in [0.1, 0.15) is 0 Å². The van der Waals surface area contributed by atoms with E-state index in [1.165, 1.54) is 0 Å². The van der Waals surface area contributed by atoms with Crippen molar-refractivity contribution in [3.05, 3.63) is 12.2 Å². The number of fused-ring (bicyclic) bond motifs is 2. The van der Waals surface area contributed by atoms with Gasteiger partial charge >= 0.3 is 11.9 Å². The lowest BCUT2D eigenvalue weighted by Gasteiger charge is -2.26. The van der Waals surface area contributed by atoms with Gasteiger partial charge in [-0.3, -0.25) is 9.59 Å². The number of hydrogen-bond donors (Lipinski definition) is 0. The van der Waals surface area contributed by atoms with Crippen LogP contribution in [0.1, 0.15) is 25.7 Å². The molecule has 3 atom stereocenters. The fourth-order valence-electron chi connectivity index (χ4n) is 3.14. The number of esters is 2. The third-order valence-electron chi connectivity index (χ3n) is 3.89. The first-order valence-electron chi connectivity index (χ1n) is 5.13. The molecular formula is C11H12O3. The van der Waals surface area contributed by atoms with Crippen molar-refractivity contribution in [2.45, 2.75) is 25.7 Å². The summed E-state index contributed by atoms with van der Waals surface area (Å²) in [7, 11) is 0. The summed E-state index contributed by atoms with van der Waals surface area (Å²) in [5.41, 5.74) is -0.0338. The highest BCUT2D eigenvalue weighted by molar-refractivity contribution is 5.95. The average molecular weight is 192 g/mol. The van der Waals surface area contributed by atoms with E-state index in [0.29, 0.717) is 5.92 Å². The maximum Gasteiger partial charge on any atom is 0.318 e. The van der Waals surface area contributed by atoms with Gasteiger partial charge in [-0.05, 0) is 25.2 Å². The summed E-state index contributed by atoms with van der Waals surface area (Å²) in [4.78, 5) is 22.5. The van der Waals surface area contributed by atoms with Gasteiger partial charge in [-0.25, -0.2) is 0 Å². The number of allylic oxidation sites excluding steroid dienone is 2. The molecule has 0 aromatic rings. The fraction of sp³-hybridized carbons (Fsp3) is 0.636. The Hall–Kier alpha value is -1.12. The van der Waals surface area contributed by atoms with Crippen LogP contribution < -0.4 is 0 Å². The lowest BCUT2D eigenvalue weighted by Crippen LogP contribution is -2.28. The summed E-state index contributed by atoms with van der Waals surface area (Å²) >= 11 is 0. The lowest BCUT2D eigenvalue weighted by atomic mass is 9.74. The predicted molar refractivity (Wildman–Crippen MR) is 48.1 cm³/mol. The molecule has 3 aliphatic rings. The Bertz CT molecular complexity index is 344. The van der Waals surface area contributed by atoms with Crippen molar-refractivity contribution in [3.8, 4) is 0 Å². The second kappa shape index (κ2) is 2.47. The minimum atomic E-state index is -0.349. The summed E-state index contributed by atoms with van der Waals surface area (Å²) in [5.74, 6) is -0.211. The molecule has 1 saturated heterocycles. The molecule has 3 unspecified atom stereocenters. The van der Waals surface area contributed by atoms with Crippen molar-refractivity contribution in [3.63, 3.8) is 0 Å². The monoisotopic (exact) mass is 192 g/mol. The molecule has 0 aromatic heterocycles. The van der Waals surface area contributed by atoms with E-state index >= 15 is 0 Å². The van der Waals surface area contributed by atoms with E-state index in [1.807, 2.05) is 0 Å². The molecule has 0 spiro atoms. The smallest absolute Gasteiger partial charge is 0.318 e. The van der Waals surface area contributed by atoms with Crippen molar-refractivity contribution >= 4 is 11.9 Å². The van der Waals surface area contributed by atoms with Gasteiger partial charge in [0.15, 0.2) is 0 Å². The van der Waals surface area contributed by atoms with Crippen molar-refractivity contribution < 1.29 is 14.3 Å². The lowest BCUT2D eigenvalue weighted by molar-refractivity contribution is -0.154. The van der Waals surface area contributed by atoms with Crippen LogP contribution in [0.15, 0.2) is 12.2 Å². The van der Waals surface area contributed by atoms with Crippen LogP contribution in [-0.4, -0.2) is 11.9 Å². The first-order valence-corrected chi connectivity index (χ1v) is 5.13. The van der Waals surface area contributed by atoms with Crippen LogP contribution in [0.4, 0.5) is 0 Å². The number of cyclic esters (lactones) is 2. The highest BCUT2D eigenvalue weighted by atomic mass is 16.6. The first-order chi connectivity index (χ1) is 6.70. The van der Waals surface area contributed by atoms with E-state index in [9.17, 15) is 9.59 Å². The molecule has 0 aromatic carbocycles. The summed E-state index contributed by atoms with van der Waals surface area (Å²) in [6, 6.07) is 0. The van der Waals surface area contributed by atoms with Crippen LogP contribution >= 0.6 is 0 Å². The zero-order chi connectivity index (χ0) is 9.76. The third kappa shape index (κ3) is 0.925. The Kier molecular flexibility index (Phi) is 1.45. The van der Waals surface area contributed by atoms with E-state index in [-0.39, 0.29) is 29.7 Å². The molecule has 1 aliphatic heterocycles. The van der Waals surface area contributed by atoms with Gasteiger partial charge in [-0.2, -0.15) is 0 Å². The van der Waals surface area contributed by atoms with Crippen molar-refractivity contribution in [1.29, 1.82) is 0 Å². The zero-order valence-electron chi connectivity index (χ0n) is 7.86. The molecule has 2 aliphatic carbocycles. The normalized spacial score (nSPS) is 44.9. The Morgan fingerprint density at radius 3 is 2.71 bits per heavy atom. The van der Waals surface area contributed by atoms with Crippen LogP contribution in [-0.2, 0) is 14.3 Å². The van der Waals surface area contributed by atoms with E-state index < -0.39 is 0 Å². The highest BCUT2D eigenvalue weighted by Crippen LogP contribution is 2.55. The number of hydrogen-bond acceptors (Lipinski definition) is 3.